The number of fused-ring (bicyclic) bond motifs is 1. The molecule has 4 N–H and O–H groups in total. The van der Waals surface area contributed by atoms with E-state index in [1.807, 2.05) is 6.20 Å². The van der Waals surface area contributed by atoms with Gasteiger partial charge in [0.15, 0.2) is 0 Å². The molecule has 3 heterocycles. The molecule has 94 valence electrons. The van der Waals surface area contributed by atoms with Gasteiger partial charge in [-0.2, -0.15) is 0 Å². The van der Waals surface area contributed by atoms with E-state index < -0.39 is 0 Å². The van der Waals surface area contributed by atoms with Crippen LogP contribution in [0, 0.1) is 0 Å². The maximum absolute atomic E-state index is 11.6. The third-order valence-corrected chi connectivity index (χ3v) is 4.25. The summed E-state index contributed by atoms with van der Waals surface area (Å²) in [6, 6.07) is 0.171. The fraction of sp³-hybridized carbons (Fsp3) is 0.500. The number of nitrogens with one attached hydrogen (secondary N) is 3. The lowest BCUT2D eigenvalue weighted by Crippen LogP contribution is -2.29. The summed E-state index contributed by atoms with van der Waals surface area (Å²) in [5.74, 6) is 0. The van der Waals surface area contributed by atoms with Gasteiger partial charge in [0.2, 0.25) is 0 Å². The molecule has 0 bridgehead atoms. The number of hydrogen-bond acceptors (Lipinski definition) is 4. The first kappa shape index (κ1) is 10.3. The molecule has 2 fully saturated rings. The second-order valence-corrected chi connectivity index (χ2v) is 5.31. The Labute approximate surface area is 102 Å². The van der Waals surface area contributed by atoms with Crippen LogP contribution >= 0.6 is 0 Å². The van der Waals surface area contributed by atoms with Crippen molar-refractivity contribution >= 4 is 11.0 Å². The van der Waals surface area contributed by atoms with Crippen molar-refractivity contribution in [3.63, 3.8) is 0 Å². The highest BCUT2D eigenvalue weighted by atomic mass is 16.3. The summed E-state index contributed by atoms with van der Waals surface area (Å²) < 4.78 is 0. The molecule has 6 nitrogen and oxygen atoms in total. The standard InChI is InChI=1S/C12H14N4O2/c17-8-3-12(8)2-1-7(16-12)6-4-13-10-9(6)14-5-15-11(10)18/h4-5,7-8,13,16-17H,1-3H2,(H,14,15,18)/t7?,8-,12?/m0/s1. The Morgan fingerprint density at radius 1 is 1.44 bits per heavy atom. The van der Waals surface area contributed by atoms with Crippen LogP contribution < -0.4 is 10.9 Å². The summed E-state index contributed by atoms with van der Waals surface area (Å²) in [4.78, 5) is 21.4. The van der Waals surface area contributed by atoms with Gasteiger partial charge in [0.25, 0.3) is 5.56 Å². The summed E-state index contributed by atoms with van der Waals surface area (Å²) in [6.07, 6.45) is 5.84. The van der Waals surface area contributed by atoms with E-state index in [1.54, 1.807) is 0 Å². The molecular weight excluding hydrogens is 232 g/mol. The molecule has 3 atom stereocenters. The van der Waals surface area contributed by atoms with Crippen molar-refractivity contribution in [1.82, 2.24) is 20.3 Å². The Bertz CT molecular complexity index is 676. The lowest BCUT2D eigenvalue weighted by atomic mass is 10.1. The molecule has 2 aromatic heterocycles. The van der Waals surface area contributed by atoms with Crippen LogP contribution in [-0.2, 0) is 0 Å². The molecule has 4 rings (SSSR count). The van der Waals surface area contributed by atoms with Crippen molar-refractivity contribution in [3.05, 3.63) is 28.4 Å². The van der Waals surface area contributed by atoms with Crippen molar-refractivity contribution in [3.8, 4) is 0 Å². The molecular formula is C12H14N4O2. The predicted octanol–water partition coefficient (Wildman–Crippen LogP) is 0.179. The summed E-state index contributed by atoms with van der Waals surface area (Å²) in [5, 5.41) is 13.1. The summed E-state index contributed by atoms with van der Waals surface area (Å²) in [7, 11) is 0. The zero-order valence-corrected chi connectivity index (χ0v) is 9.73. The van der Waals surface area contributed by atoms with E-state index in [0.29, 0.717) is 5.52 Å². The van der Waals surface area contributed by atoms with Gasteiger partial charge in [-0.15, -0.1) is 0 Å². The average Bonchev–Trinajstić information content (AvgIpc) is 2.75. The molecule has 0 aromatic carbocycles. The Balaban J connectivity index is 1.76. The fourth-order valence-electron chi connectivity index (χ4n) is 3.07. The predicted molar refractivity (Wildman–Crippen MR) is 65.2 cm³/mol. The molecule has 6 heteroatoms. The van der Waals surface area contributed by atoms with Crippen molar-refractivity contribution < 1.29 is 5.11 Å². The number of aliphatic hydroxyl groups is 1. The van der Waals surface area contributed by atoms with Gasteiger partial charge in [-0.05, 0) is 19.3 Å². The van der Waals surface area contributed by atoms with E-state index in [4.69, 9.17) is 0 Å². The maximum atomic E-state index is 11.6. The van der Waals surface area contributed by atoms with Crippen LogP contribution in [0.1, 0.15) is 30.9 Å². The second kappa shape index (κ2) is 3.21. The Morgan fingerprint density at radius 2 is 2.28 bits per heavy atom. The van der Waals surface area contributed by atoms with Crippen LogP contribution in [0.2, 0.25) is 0 Å². The molecule has 2 unspecified atom stereocenters. The highest BCUT2D eigenvalue weighted by molar-refractivity contribution is 5.78. The smallest absolute Gasteiger partial charge is 0.275 e. The van der Waals surface area contributed by atoms with Gasteiger partial charge in [-0.3, -0.25) is 4.79 Å². The third kappa shape index (κ3) is 1.24. The molecule has 1 spiro atoms. The zero-order valence-electron chi connectivity index (χ0n) is 9.73. The molecule has 2 aromatic rings. The van der Waals surface area contributed by atoms with Gasteiger partial charge in [0, 0.05) is 23.3 Å². The normalized spacial score (nSPS) is 34.5. The first-order valence-electron chi connectivity index (χ1n) is 6.20. The quantitative estimate of drug-likeness (QED) is 0.577. The SMILES string of the molecule is O=c1[nH]cnc2c(C3CCC4(C[C@@H]4O)N3)c[nH]c12. The molecule has 18 heavy (non-hydrogen) atoms. The summed E-state index contributed by atoms with van der Waals surface area (Å²) in [5.41, 5.74) is 2.04. The van der Waals surface area contributed by atoms with Crippen molar-refractivity contribution in [1.29, 1.82) is 0 Å². The molecule has 0 radical (unpaired) electrons. The van der Waals surface area contributed by atoms with Crippen LogP contribution in [-0.4, -0.2) is 31.7 Å². The van der Waals surface area contributed by atoms with Crippen molar-refractivity contribution in [2.45, 2.75) is 36.9 Å². The van der Waals surface area contributed by atoms with E-state index in [9.17, 15) is 9.90 Å². The largest absolute Gasteiger partial charge is 0.391 e. The molecule has 2 aliphatic rings. The minimum atomic E-state index is -0.218. The molecule has 1 saturated heterocycles. The fourth-order valence-corrected chi connectivity index (χ4v) is 3.07. The van der Waals surface area contributed by atoms with E-state index in [-0.39, 0.29) is 23.2 Å². The minimum Gasteiger partial charge on any atom is -0.391 e. The van der Waals surface area contributed by atoms with E-state index >= 15 is 0 Å². The average molecular weight is 246 g/mol. The zero-order chi connectivity index (χ0) is 12.3. The van der Waals surface area contributed by atoms with Gasteiger partial charge in [0.1, 0.15) is 11.0 Å². The van der Waals surface area contributed by atoms with Crippen molar-refractivity contribution in [2.75, 3.05) is 0 Å². The van der Waals surface area contributed by atoms with Gasteiger partial charge in [-0.25, -0.2) is 4.98 Å². The van der Waals surface area contributed by atoms with Crippen LogP contribution in [0.5, 0.6) is 0 Å². The number of rotatable bonds is 1. The number of H-pyrrole nitrogens is 2. The van der Waals surface area contributed by atoms with Crippen molar-refractivity contribution in [2.24, 2.45) is 0 Å². The van der Waals surface area contributed by atoms with Gasteiger partial charge in [-0.1, -0.05) is 0 Å². The van der Waals surface area contributed by atoms with E-state index in [0.717, 1.165) is 30.3 Å². The van der Waals surface area contributed by atoms with Gasteiger partial charge in [0.05, 0.1) is 12.4 Å². The minimum absolute atomic E-state index is 0.0739. The second-order valence-electron chi connectivity index (χ2n) is 5.31. The monoisotopic (exact) mass is 246 g/mol. The highest BCUT2D eigenvalue weighted by Gasteiger charge is 2.57. The Kier molecular flexibility index (Phi) is 1.83. The highest BCUT2D eigenvalue weighted by Crippen LogP contribution is 2.48. The van der Waals surface area contributed by atoms with Crippen LogP contribution in [0.25, 0.3) is 11.0 Å². The lowest BCUT2D eigenvalue weighted by molar-refractivity contribution is 0.238. The number of nitrogens with zero attached hydrogens (tertiary/aromatic N) is 1. The first-order chi connectivity index (χ1) is 8.70. The molecule has 1 saturated carbocycles. The van der Waals surface area contributed by atoms with Crippen LogP contribution in [0.4, 0.5) is 0 Å². The summed E-state index contributed by atoms with van der Waals surface area (Å²) >= 11 is 0. The molecule has 0 amide bonds. The molecule has 1 aliphatic carbocycles. The third-order valence-electron chi connectivity index (χ3n) is 4.25. The van der Waals surface area contributed by atoms with Gasteiger partial charge < -0.3 is 20.4 Å². The van der Waals surface area contributed by atoms with Gasteiger partial charge >= 0.3 is 0 Å². The number of aromatic amines is 2. The molecule has 1 aliphatic heterocycles. The topological polar surface area (TPSA) is 93.8 Å². The van der Waals surface area contributed by atoms with E-state index in [1.165, 1.54) is 6.33 Å². The lowest BCUT2D eigenvalue weighted by Gasteiger charge is -2.12. The Morgan fingerprint density at radius 3 is 3.00 bits per heavy atom. The van der Waals surface area contributed by atoms with Crippen LogP contribution in [0.3, 0.4) is 0 Å². The number of hydrogen-bond donors (Lipinski definition) is 4. The summed E-state index contributed by atoms with van der Waals surface area (Å²) in [6.45, 7) is 0. The van der Waals surface area contributed by atoms with E-state index in [2.05, 4.69) is 20.3 Å². The Hall–Kier alpha value is -1.66. The first-order valence-corrected chi connectivity index (χ1v) is 6.20. The number of aromatic nitrogens is 3. The number of aliphatic hydroxyl groups excluding tert-OH is 1. The maximum Gasteiger partial charge on any atom is 0.275 e. The van der Waals surface area contributed by atoms with Crippen LogP contribution in [0.15, 0.2) is 17.3 Å².